The van der Waals surface area contributed by atoms with Gasteiger partial charge in [0.25, 0.3) is 0 Å². The second kappa shape index (κ2) is 4.41. The molecule has 0 aliphatic carbocycles. The molecule has 1 nitrogen and oxygen atoms in total. The average molecular weight is 220 g/mol. The van der Waals surface area contributed by atoms with Gasteiger partial charge < -0.3 is 5.11 Å². The molecule has 0 fully saturated rings. The summed E-state index contributed by atoms with van der Waals surface area (Å²) in [4.78, 5) is 0. The van der Waals surface area contributed by atoms with Gasteiger partial charge in [0, 0.05) is 5.56 Å². The van der Waals surface area contributed by atoms with E-state index in [2.05, 4.69) is 0 Å². The maximum atomic E-state index is 13.5. The van der Waals surface area contributed by atoms with E-state index in [1.54, 1.807) is 6.07 Å². The van der Waals surface area contributed by atoms with Crippen LogP contribution in [0.2, 0.25) is 0 Å². The zero-order valence-electron chi connectivity index (χ0n) is 8.45. The molecule has 0 spiro atoms. The predicted octanol–water partition coefficient (Wildman–Crippen LogP) is 3.12. The summed E-state index contributed by atoms with van der Waals surface area (Å²) < 4.78 is 26.2. The molecule has 0 aliphatic rings. The predicted molar refractivity (Wildman–Crippen MR) is 57.7 cm³/mol. The quantitative estimate of drug-likeness (QED) is 0.824. The molecule has 0 atom stereocenters. The molecule has 2 aromatic rings. The van der Waals surface area contributed by atoms with Crippen LogP contribution < -0.4 is 0 Å². The summed E-state index contributed by atoms with van der Waals surface area (Å²) in [5.41, 5.74) is 1.58. The Kier molecular flexibility index (Phi) is 2.97. The Balaban J connectivity index is 2.50. The van der Waals surface area contributed by atoms with E-state index in [4.69, 9.17) is 5.11 Å². The maximum absolute atomic E-state index is 13.5. The third kappa shape index (κ3) is 2.09. The monoisotopic (exact) mass is 220 g/mol. The highest BCUT2D eigenvalue weighted by Crippen LogP contribution is 2.24. The van der Waals surface area contributed by atoms with Crippen LogP contribution in [0.3, 0.4) is 0 Å². The summed E-state index contributed by atoms with van der Waals surface area (Å²) in [5.74, 6) is -0.744. The molecule has 0 aliphatic heterocycles. The highest BCUT2D eigenvalue weighted by Gasteiger charge is 2.06. The number of halogens is 2. The SMILES string of the molecule is OCc1ccc(F)c(-c2ccc(F)cc2)c1. The van der Waals surface area contributed by atoms with Gasteiger partial charge in [0.05, 0.1) is 6.61 Å². The van der Waals surface area contributed by atoms with Crippen molar-refractivity contribution in [3.63, 3.8) is 0 Å². The molecule has 3 heteroatoms. The first-order valence-corrected chi connectivity index (χ1v) is 4.86. The number of aliphatic hydroxyl groups is 1. The van der Waals surface area contributed by atoms with Gasteiger partial charge in [0.2, 0.25) is 0 Å². The zero-order chi connectivity index (χ0) is 11.5. The van der Waals surface area contributed by atoms with Crippen LogP contribution in [0.15, 0.2) is 42.5 Å². The summed E-state index contributed by atoms with van der Waals surface area (Å²) in [6.45, 7) is -0.144. The van der Waals surface area contributed by atoms with E-state index in [1.165, 1.54) is 36.4 Å². The Morgan fingerprint density at radius 2 is 1.62 bits per heavy atom. The first-order valence-electron chi connectivity index (χ1n) is 4.86. The van der Waals surface area contributed by atoms with E-state index in [1.807, 2.05) is 0 Å². The Morgan fingerprint density at radius 3 is 2.25 bits per heavy atom. The van der Waals surface area contributed by atoms with E-state index >= 15 is 0 Å². The van der Waals surface area contributed by atoms with E-state index in [-0.39, 0.29) is 18.2 Å². The fourth-order valence-electron chi connectivity index (χ4n) is 1.52. The fourth-order valence-corrected chi connectivity index (χ4v) is 1.52. The van der Waals surface area contributed by atoms with E-state index in [0.29, 0.717) is 16.7 Å². The molecule has 2 aromatic carbocycles. The smallest absolute Gasteiger partial charge is 0.131 e. The van der Waals surface area contributed by atoms with Crippen LogP contribution in [-0.4, -0.2) is 5.11 Å². The van der Waals surface area contributed by atoms with Gasteiger partial charge in [-0.2, -0.15) is 0 Å². The van der Waals surface area contributed by atoms with Crippen molar-refractivity contribution < 1.29 is 13.9 Å². The van der Waals surface area contributed by atoms with Gasteiger partial charge in [-0.25, -0.2) is 8.78 Å². The van der Waals surface area contributed by atoms with E-state index < -0.39 is 0 Å². The van der Waals surface area contributed by atoms with E-state index in [0.717, 1.165) is 0 Å². The lowest BCUT2D eigenvalue weighted by Gasteiger charge is -2.05. The molecule has 0 aromatic heterocycles. The Morgan fingerprint density at radius 1 is 0.938 bits per heavy atom. The second-order valence-electron chi connectivity index (χ2n) is 3.48. The summed E-state index contributed by atoms with van der Waals surface area (Å²) in [6, 6.07) is 9.94. The van der Waals surface area contributed by atoms with Crippen LogP contribution in [-0.2, 0) is 6.61 Å². The number of aliphatic hydroxyl groups excluding tert-OH is 1. The minimum atomic E-state index is -0.385. The molecule has 1 N–H and O–H groups in total. The first-order chi connectivity index (χ1) is 7.70. The van der Waals surface area contributed by atoms with Crippen LogP contribution in [0.4, 0.5) is 8.78 Å². The van der Waals surface area contributed by atoms with Crippen LogP contribution in [0, 0.1) is 11.6 Å². The van der Waals surface area contributed by atoms with Crippen molar-refractivity contribution in [1.29, 1.82) is 0 Å². The van der Waals surface area contributed by atoms with Gasteiger partial charge in [-0.15, -0.1) is 0 Å². The van der Waals surface area contributed by atoms with Crippen LogP contribution in [0.5, 0.6) is 0 Å². The number of benzene rings is 2. The first kappa shape index (κ1) is 10.8. The molecule has 0 saturated heterocycles. The molecule has 0 amide bonds. The van der Waals surface area contributed by atoms with Gasteiger partial charge in [0.1, 0.15) is 11.6 Å². The zero-order valence-corrected chi connectivity index (χ0v) is 8.45. The number of hydrogen-bond donors (Lipinski definition) is 1. The lowest BCUT2D eigenvalue weighted by Crippen LogP contribution is -1.89. The number of rotatable bonds is 2. The minimum absolute atomic E-state index is 0.144. The van der Waals surface area contributed by atoms with Gasteiger partial charge >= 0.3 is 0 Å². The molecular weight excluding hydrogens is 210 g/mol. The van der Waals surface area contributed by atoms with Crippen molar-refractivity contribution in [3.8, 4) is 11.1 Å². The molecule has 0 bridgehead atoms. The molecule has 16 heavy (non-hydrogen) atoms. The Bertz CT molecular complexity index is 492. The molecule has 0 radical (unpaired) electrons. The van der Waals surface area contributed by atoms with Gasteiger partial charge in [-0.05, 0) is 35.4 Å². The largest absolute Gasteiger partial charge is 0.392 e. The van der Waals surface area contributed by atoms with Gasteiger partial charge in [0.15, 0.2) is 0 Å². The molecule has 0 heterocycles. The van der Waals surface area contributed by atoms with Crippen molar-refractivity contribution in [2.24, 2.45) is 0 Å². The normalized spacial score (nSPS) is 10.4. The molecule has 0 unspecified atom stereocenters. The lowest BCUT2D eigenvalue weighted by atomic mass is 10.0. The van der Waals surface area contributed by atoms with Crippen molar-refractivity contribution in [2.45, 2.75) is 6.61 Å². The van der Waals surface area contributed by atoms with Crippen LogP contribution in [0.25, 0.3) is 11.1 Å². The summed E-state index contributed by atoms with van der Waals surface area (Å²) in [7, 11) is 0. The van der Waals surface area contributed by atoms with Crippen LogP contribution >= 0.6 is 0 Å². The second-order valence-corrected chi connectivity index (χ2v) is 3.48. The summed E-state index contributed by atoms with van der Waals surface area (Å²) >= 11 is 0. The lowest BCUT2D eigenvalue weighted by molar-refractivity contribution is 0.282. The topological polar surface area (TPSA) is 20.2 Å². The van der Waals surface area contributed by atoms with Crippen LogP contribution in [0.1, 0.15) is 5.56 Å². The Hall–Kier alpha value is -1.74. The standard InChI is InChI=1S/C13H10F2O/c14-11-4-2-10(3-5-11)12-7-9(8-16)1-6-13(12)15/h1-7,16H,8H2. The third-order valence-corrected chi connectivity index (χ3v) is 2.37. The van der Waals surface area contributed by atoms with Crippen molar-refractivity contribution in [2.75, 3.05) is 0 Å². The number of hydrogen-bond acceptors (Lipinski definition) is 1. The third-order valence-electron chi connectivity index (χ3n) is 2.37. The van der Waals surface area contributed by atoms with Gasteiger partial charge in [-0.1, -0.05) is 18.2 Å². The molecule has 82 valence electrons. The van der Waals surface area contributed by atoms with Crippen molar-refractivity contribution in [1.82, 2.24) is 0 Å². The highest BCUT2D eigenvalue weighted by molar-refractivity contribution is 5.64. The molecular formula is C13H10F2O. The fraction of sp³-hybridized carbons (Fsp3) is 0.0769. The molecule has 2 rings (SSSR count). The molecule has 0 saturated carbocycles. The summed E-state index contributed by atoms with van der Waals surface area (Å²) in [6.07, 6.45) is 0. The van der Waals surface area contributed by atoms with Gasteiger partial charge in [-0.3, -0.25) is 0 Å². The Labute approximate surface area is 92.0 Å². The average Bonchev–Trinajstić information content (AvgIpc) is 2.31. The van der Waals surface area contributed by atoms with Crippen molar-refractivity contribution in [3.05, 3.63) is 59.7 Å². The van der Waals surface area contributed by atoms with E-state index in [9.17, 15) is 8.78 Å². The minimum Gasteiger partial charge on any atom is -0.392 e. The highest BCUT2D eigenvalue weighted by atomic mass is 19.1. The maximum Gasteiger partial charge on any atom is 0.131 e. The van der Waals surface area contributed by atoms with Crippen molar-refractivity contribution >= 4 is 0 Å². The summed E-state index contributed by atoms with van der Waals surface area (Å²) in [5, 5.41) is 8.96.